The molecule has 2 aromatic rings. The van der Waals surface area contributed by atoms with Gasteiger partial charge in [-0.2, -0.15) is 4.98 Å². The van der Waals surface area contributed by atoms with Gasteiger partial charge in [-0.25, -0.2) is 0 Å². The summed E-state index contributed by atoms with van der Waals surface area (Å²) >= 11 is 1.64. The molecular weight excluding hydrogens is 284 g/mol. The molecule has 21 heavy (non-hydrogen) atoms. The van der Waals surface area contributed by atoms with Gasteiger partial charge >= 0.3 is 0 Å². The third-order valence-corrected chi connectivity index (χ3v) is 4.08. The zero-order chi connectivity index (χ0) is 14.7. The molecule has 1 fully saturated rings. The van der Waals surface area contributed by atoms with Crippen LogP contribution in [-0.4, -0.2) is 17.8 Å². The van der Waals surface area contributed by atoms with E-state index < -0.39 is 0 Å². The number of aromatic nitrogens is 1. The monoisotopic (exact) mass is 302 g/mol. The number of pyridine rings is 1. The Morgan fingerprint density at radius 3 is 2.81 bits per heavy atom. The number of hydrogen-bond donors (Lipinski definition) is 1. The lowest BCUT2D eigenvalue weighted by molar-refractivity contribution is 0.286. The molecule has 110 valence electrons. The van der Waals surface area contributed by atoms with E-state index in [-0.39, 0.29) is 0 Å². The average molecular weight is 302 g/mol. The number of thioether (sulfide) groups is 1. The molecule has 0 amide bonds. The lowest BCUT2D eigenvalue weighted by Gasteiger charge is -2.11. The van der Waals surface area contributed by atoms with E-state index in [2.05, 4.69) is 4.98 Å². The van der Waals surface area contributed by atoms with Gasteiger partial charge < -0.3 is 15.2 Å². The SMILES string of the molecule is CSc1ccccc1Oc1ccc(N)c(OCC2CC2)n1. The summed E-state index contributed by atoms with van der Waals surface area (Å²) in [6.45, 7) is 0.683. The lowest BCUT2D eigenvalue weighted by Crippen LogP contribution is -2.04. The number of hydrogen-bond acceptors (Lipinski definition) is 5. The van der Waals surface area contributed by atoms with Crippen LogP contribution in [0.15, 0.2) is 41.3 Å². The van der Waals surface area contributed by atoms with Gasteiger partial charge in [0.15, 0.2) is 0 Å². The van der Waals surface area contributed by atoms with Gasteiger partial charge in [0.25, 0.3) is 0 Å². The standard InChI is InChI=1S/C16H18N2O2S/c1-21-14-5-3-2-4-13(14)20-15-9-8-12(17)16(18-15)19-10-11-6-7-11/h2-5,8-9,11H,6-7,10,17H2,1H3. The van der Waals surface area contributed by atoms with Gasteiger partial charge in [-0.1, -0.05) is 12.1 Å². The largest absolute Gasteiger partial charge is 0.476 e. The maximum absolute atomic E-state index is 5.90. The minimum atomic E-state index is 0.459. The first-order valence-corrected chi connectivity index (χ1v) is 8.19. The first-order valence-electron chi connectivity index (χ1n) is 6.96. The van der Waals surface area contributed by atoms with Crippen LogP contribution < -0.4 is 15.2 Å². The van der Waals surface area contributed by atoms with Crippen molar-refractivity contribution < 1.29 is 9.47 Å². The number of benzene rings is 1. The number of rotatable bonds is 6. The second-order valence-electron chi connectivity index (χ2n) is 5.05. The van der Waals surface area contributed by atoms with E-state index in [1.165, 1.54) is 12.8 Å². The van der Waals surface area contributed by atoms with Gasteiger partial charge in [-0.05, 0) is 43.2 Å². The predicted octanol–water partition coefficient (Wildman–Crippen LogP) is 3.97. The molecule has 1 aliphatic rings. The van der Waals surface area contributed by atoms with Gasteiger partial charge in [0.1, 0.15) is 5.75 Å². The van der Waals surface area contributed by atoms with Crippen LogP contribution in [0.25, 0.3) is 0 Å². The molecule has 1 aromatic carbocycles. The molecule has 0 bridgehead atoms. The molecule has 0 unspecified atom stereocenters. The molecule has 2 N–H and O–H groups in total. The molecule has 1 aromatic heterocycles. The molecule has 0 atom stereocenters. The number of anilines is 1. The van der Waals surface area contributed by atoms with Crippen LogP contribution in [0, 0.1) is 5.92 Å². The van der Waals surface area contributed by atoms with Gasteiger partial charge in [-0.3, -0.25) is 0 Å². The molecule has 4 nitrogen and oxygen atoms in total. The Hall–Kier alpha value is -1.88. The summed E-state index contributed by atoms with van der Waals surface area (Å²) in [6, 6.07) is 11.4. The lowest BCUT2D eigenvalue weighted by atomic mass is 10.3. The van der Waals surface area contributed by atoms with Gasteiger partial charge in [0, 0.05) is 11.0 Å². The van der Waals surface area contributed by atoms with E-state index in [1.807, 2.05) is 30.5 Å². The van der Waals surface area contributed by atoms with E-state index in [0.717, 1.165) is 10.6 Å². The average Bonchev–Trinajstić information content (AvgIpc) is 3.32. The number of ether oxygens (including phenoxy) is 2. The number of nitrogens with two attached hydrogens (primary N) is 1. The van der Waals surface area contributed by atoms with Crippen LogP contribution in [0.3, 0.4) is 0 Å². The van der Waals surface area contributed by atoms with Gasteiger partial charge in [-0.15, -0.1) is 11.8 Å². The third-order valence-electron chi connectivity index (χ3n) is 3.30. The summed E-state index contributed by atoms with van der Waals surface area (Å²) in [5.74, 6) is 2.40. The van der Waals surface area contributed by atoms with Crippen molar-refractivity contribution >= 4 is 17.4 Å². The zero-order valence-corrected chi connectivity index (χ0v) is 12.7. The topological polar surface area (TPSA) is 57.4 Å². The minimum Gasteiger partial charge on any atom is -0.476 e. The van der Waals surface area contributed by atoms with E-state index in [4.69, 9.17) is 15.2 Å². The van der Waals surface area contributed by atoms with Crippen molar-refractivity contribution in [2.75, 3.05) is 18.6 Å². The Labute approximate surface area is 128 Å². The Bertz CT molecular complexity index is 629. The molecule has 1 heterocycles. The molecule has 5 heteroatoms. The van der Waals surface area contributed by atoms with Crippen LogP contribution in [0.2, 0.25) is 0 Å². The van der Waals surface area contributed by atoms with Gasteiger partial charge in [0.2, 0.25) is 11.8 Å². The van der Waals surface area contributed by atoms with Crippen molar-refractivity contribution in [2.45, 2.75) is 17.7 Å². The summed E-state index contributed by atoms with van der Waals surface area (Å²) in [5.41, 5.74) is 6.44. The van der Waals surface area contributed by atoms with E-state index >= 15 is 0 Å². The van der Waals surface area contributed by atoms with Crippen molar-refractivity contribution in [1.82, 2.24) is 4.98 Å². The zero-order valence-electron chi connectivity index (χ0n) is 11.9. The van der Waals surface area contributed by atoms with Gasteiger partial charge in [0.05, 0.1) is 12.3 Å². The fourth-order valence-electron chi connectivity index (χ4n) is 1.90. The fourth-order valence-corrected chi connectivity index (χ4v) is 2.43. The number of para-hydroxylation sites is 1. The smallest absolute Gasteiger partial charge is 0.240 e. The Morgan fingerprint density at radius 1 is 1.24 bits per heavy atom. The predicted molar refractivity (Wildman–Crippen MR) is 85.2 cm³/mol. The second kappa shape index (κ2) is 6.26. The summed E-state index contributed by atoms with van der Waals surface area (Å²) in [6.07, 6.45) is 4.48. The van der Waals surface area contributed by atoms with Crippen LogP contribution in [-0.2, 0) is 0 Å². The Morgan fingerprint density at radius 2 is 2.05 bits per heavy atom. The van der Waals surface area contributed by atoms with Crippen molar-refractivity contribution in [3.8, 4) is 17.5 Å². The first-order chi connectivity index (χ1) is 10.3. The molecule has 1 saturated carbocycles. The van der Waals surface area contributed by atoms with Crippen molar-refractivity contribution in [2.24, 2.45) is 5.92 Å². The summed E-state index contributed by atoms with van der Waals surface area (Å²) < 4.78 is 11.5. The molecule has 1 aliphatic carbocycles. The quantitative estimate of drug-likeness (QED) is 0.818. The highest BCUT2D eigenvalue weighted by atomic mass is 32.2. The number of nitrogen functional groups attached to an aromatic ring is 1. The minimum absolute atomic E-state index is 0.459. The van der Waals surface area contributed by atoms with Crippen LogP contribution in [0.5, 0.6) is 17.5 Å². The van der Waals surface area contributed by atoms with E-state index in [1.54, 1.807) is 23.9 Å². The molecule has 0 spiro atoms. The summed E-state index contributed by atoms with van der Waals surface area (Å²) in [4.78, 5) is 5.43. The summed E-state index contributed by atoms with van der Waals surface area (Å²) in [7, 11) is 0. The highest BCUT2D eigenvalue weighted by Gasteiger charge is 2.22. The second-order valence-corrected chi connectivity index (χ2v) is 5.90. The van der Waals surface area contributed by atoms with Crippen LogP contribution in [0.1, 0.15) is 12.8 Å². The van der Waals surface area contributed by atoms with E-state index in [9.17, 15) is 0 Å². The van der Waals surface area contributed by atoms with Crippen molar-refractivity contribution in [3.63, 3.8) is 0 Å². The normalized spacial score (nSPS) is 14.0. The maximum atomic E-state index is 5.90. The van der Waals surface area contributed by atoms with Crippen LogP contribution in [0.4, 0.5) is 5.69 Å². The first kappa shape index (κ1) is 14.1. The van der Waals surface area contributed by atoms with Crippen molar-refractivity contribution in [1.29, 1.82) is 0 Å². The van der Waals surface area contributed by atoms with Crippen molar-refractivity contribution in [3.05, 3.63) is 36.4 Å². The molecule has 0 aliphatic heterocycles. The number of nitrogens with zero attached hydrogens (tertiary/aromatic N) is 1. The molecule has 0 saturated heterocycles. The maximum Gasteiger partial charge on any atom is 0.240 e. The fraction of sp³-hybridized carbons (Fsp3) is 0.312. The molecule has 0 radical (unpaired) electrons. The summed E-state index contributed by atoms with van der Waals surface area (Å²) in [5, 5.41) is 0. The third kappa shape index (κ3) is 3.61. The van der Waals surface area contributed by atoms with E-state index in [0.29, 0.717) is 30.0 Å². The highest BCUT2D eigenvalue weighted by molar-refractivity contribution is 7.98. The highest BCUT2D eigenvalue weighted by Crippen LogP contribution is 2.33. The van der Waals surface area contributed by atoms with Crippen LogP contribution >= 0.6 is 11.8 Å². The molecule has 3 rings (SSSR count). The Kier molecular flexibility index (Phi) is 4.20. The molecular formula is C16H18N2O2S. The Balaban J connectivity index is 1.76.